The number of ether oxygens (including phenoxy) is 1. The van der Waals surface area contributed by atoms with E-state index in [1.165, 1.54) is 24.3 Å². The molecular formula is C23H19F2N3O2. The first-order valence-electron chi connectivity index (χ1n) is 9.38. The van der Waals surface area contributed by atoms with Gasteiger partial charge < -0.3 is 14.5 Å². The van der Waals surface area contributed by atoms with E-state index in [1.807, 2.05) is 17.5 Å². The lowest BCUT2D eigenvalue weighted by Crippen LogP contribution is -2.23. The van der Waals surface area contributed by atoms with E-state index in [-0.39, 0.29) is 30.4 Å². The van der Waals surface area contributed by atoms with E-state index in [9.17, 15) is 13.6 Å². The largest absolute Gasteiger partial charge is 0.489 e. The summed E-state index contributed by atoms with van der Waals surface area (Å²) in [6.07, 6.45) is 3.61. The second-order valence-corrected chi connectivity index (χ2v) is 6.88. The van der Waals surface area contributed by atoms with Gasteiger partial charge in [-0.25, -0.2) is 13.8 Å². The summed E-state index contributed by atoms with van der Waals surface area (Å²) in [4.78, 5) is 16.8. The molecule has 2 aromatic heterocycles. The van der Waals surface area contributed by atoms with Crippen LogP contribution in [-0.4, -0.2) is 15.3 Å². The van der Waals surface area contributed by atoms with Crippen molar-refractivity contribution in [1.29, 1.82) is 0 Å². The Kier molecular flexibility index (Phi) is 5.43. The Morgan fingerprint density at radius 3 is 2.70 bits per heavy atom. The van der Waals surface area contributed by atoms with Crippen molar-refractivity contribution in [3.05, 3.63) is 101 Å². The Labute approximate surface area is 171 Å². The molecule has 4 rings (SSSR count). The molecule has 0 fully saturated rings. The third-order valence-corrected chi connectivity index (χ3v) is 4.65. The van der Waals surface area contributed by atoms with Gasteiger partial charge >= 0.3 is 0 Å². The van der Waals surface area contributed by atoms with Crippen LogP contribution in [-0.2, 0) is 13.2 Å². The molecule has 30 heavy (non-hydrogen) atoms. The van der Waals surface area contributed by atoms with Crippen molar-refractivity contribution in [2.24, 2.45) is 0 Å². The van der Waals surface area contributed by atoms with Gasteiger partial charge in [0, 0.05) is 35.6 Å². The molecule has 0 bridgehead atoms. The van der Waals surface area contributed by atoms with Crippen LogP contribution in [0.15, 0.2) is 67.0 Å². The predicted octanol–water partition coefficient (Wildman–Crippen LogP) is 4.43. The van der Waals surface area contributed by atoms with Crippen molar-refractivity contribution in [3.8, 4) is 5.75 Å². The maximum atomic E-state index is 14.2. The highest BCUT2D eigenvalue weighted by molar-refractivity contribution is 5.95. The van der Waals surface area contributed by atoms with Gasteiger partial charge in [0.25, 0.3) is 5.91 Å². The van der Waals surface area contributed by atoms with Crippen LogP contribution in [0.3, 0.4) is 0 Å². The van der Waals surface area contributed by atoms with Crippen LogP contribution in [0.1, 0.15) is 27.2 Å². The number of carbonyl (C=O) groups excluding carboxylic acids is 1. The maximum absolute atomic E-state index is 14.2. The average Bonchev–Trinajstić information content (AvgIpc) is 3.12. The monoisotopic (exact) mass is 407 g/mol. The van der Waals surface area contributed by atoms with Gasteiger partial charge in [0.15, 0.2) is 0 Å². The molecule has 152 valence electrons. The molecule has 0 aliphatic carbocycles. The van der Waals surface area contributed by atoms with Crippen molar-refractivity contribution < 1.29 is 18.3 Å². The van der Waals surface area contributed by atoms with Gasteiger partial charge in [-0.15, -0.1) is 0 Å². The van der Waals surface area contributed by atoms with Crippen LogP contribution >= 0.6 is 0 Å². The summed E-state index contributed by atoms with van der Waals surface area (Å²) < 4.78 is 35.3. The van der Waals surface area contributed by atoms with E-state index < -0.39 is 5.82 Å². The number of nitrogens with zero attached hydrogens (tertiary/aromatic N) is 2. The lowest BCUT2D eigenvalue weighted by atomic mass is 10.2. The standard InChI is InChI=1S/C23H19F2N3O2/c1-15-13-28-9-8-16(11-22(28)27-15)23(29)26-12-18-10-19(6-7-21(18)25)30-14-17-4-2-3-5-20(17)24/h2-11,13H,12,14H2,1H3,(H,26,29). The van der Waals surface area contributed by atoms with Crippen LogP contribution < -0.4 is 10.1 Å². The molecule has 0 atom stereocenters. The Morgan fingerprint density at radius 1 is 1.07 bits per heavy atom. The molecule has 4 aromatic rings. The van der Waals surface area contributed by atoms with Crippen molar-refractivity contribution in [3.63, 3.8) is 0 Å². The third kappa shape index (κ3) is 4.30. The van der Waals surface area contributed by atoms with Crippen molar-refractivity contribution >= 4 is 11.6 Å². The molecule has 1 amide bonds. The minimum absolute atomic E-state index is 0.0137. The van der Waals surface area contributed by atoms with Gasteiger partial charge in [-0.1, -0.05) is 18.2 Å². The number of pyridine rings is 1. The number of amides is 1. The number of imidazole rings is 1. The number of benzene rings is 2. The minimum Gasteiger partial charge on any atom is -0.489 e. The quantitative estimate of drug-likeness (QED) is 0.515. The second kappa shape index (κ2) is 8.32. The van der Waals surface area contributed by atoms with Crippen LogP contribution in [0.5, 0.6) is 5.75 Å². The Morgan fingerprint density at radius 2 is 1.87 bits per heavy atom. The number of rotatable bonds is 6. The summed E-state index contributed by atoms with van der Waals surface area (Å²) in [5, 5.41) is 2.71. The SMILES string of the molecule is Cc1cn2ccc(C(=O)NCc3cc(OCc4ccccc4F)ccc3F)cc2n1. The molecule has 2 aromatic carbocycles. The smallest absolute Gasteiger partial charge is 0.251 e. The van der Waals surface area contributed by atoms with Crippen molar-refractivity contribution in [2.45, 2.75) is 20.1 Å². The fourth-order valence-corrected chi connectivity index (χ4v) is 3.08. The minimum atomic E-state index is -0.465. The third-order valence-electron chi connectivity index (χ3n) is 4.65. The molecule has 0 saturated carbocycles. The maximum Gasteiger partial charge on any atom is 0.251 e. The molecule has 0 unspecified atom stereocenters. The summed E-state index contributed by atoms with van der Waals surface area (Å²) in [5.41, 5.74) is 2.62. The van der Waals surface area contributed by atoms with Crippen LogP contribution in [0.25, 0.3) is 5.65 Å². The first kappa shape index (κ1) is 19.6. The summed E-state index contributed by atoms with van der Waals surface area (Å²) >= 11 is 0. The van der Waals surface area contributed by atoms with Gasteiger partial charge in [0.2, 0.25) is 0 Å². The summed E-state index contributed by atoms with van der Waals surface area (Å²) in [7, 11) is 0. The summed E-state index contributed by atoms with van der Waals surface area (Å²) in [6.45, 7) is 1.88. The van der Waals surface area contributed by atoms with Crippen LogP contribution in [0.4, 0.5) is 8.78 Å². The number of nitrogens with one attached hydrogen (secondary N) is 1. The molecule has 0 aliphatic rings. The van der Waals surface area contributed by atoms with E-state index >= 15 is 0 Å². The Balaban J connectivity index is 1.42. The zero-order chi connectivity index (χ0) is 21.1. The number of hydrogen-bond donors (Lipinski definition) is 1. The lowest BCUT2D eigenvalue weighted by molar-refractivity contribution is 0.0950. The number of aromatic nitrogens is 2. The Hall–Kier alpha value is -3.74. The zero-order valence-electron chi connectivity index (χ0n) is 16.2. The molecule has 7 heteroatoms. The first-order chi connectivity index (χ1) is 14.5. The van der Waals surface area contributed by atoms with Gasteiger partial charge in [0.05, 0.1) is 5.69 Å². The van der Waals surface area contributed by atoms with Gasteiger partial charge in [0.1, 0.15) is 29.6 Å². The van der Waals surface area contributed by atoms with E-state index in [4.69, 9.17) is 4.74 Å². The molecule has 0 spiro atoms. The highest BCUT2D eigenvalue weighted by atomic mass is 19.1. The Bertz CT molecular complexity index is 1220. The summed E-state index contributed by atoms with van der Waals surface area (Å²) in [6, 6.07) is 13.9. The number of carbonyl (C=O) groups is 1. The van der Waals surface area contributed by atoms with E-state index in [0.29, 0.717) is 22.5 Å². The fraction of sp³-hybridized carbons (Fsp3) is 0.130. The zero-order valence-corrected chi connectivity index (χ0v) is 16.2. The molecule has 0 radical (unpaired) electrons. The number of fused-ring (bicyclic) bond motifs is 1. The van der Waals surface area contributed by atoms with Crippen LogP contribution in [0.2, 0.25) is 0 Å². The second-order valence-electron chi connectivity index (χ2n) is 6.88. The summed E-state index contributed by atoms with van der Waals surface area (Å²) in [5.74, 6) is -0.780. The highest BCUT2D eigenvalue weighted by Gasteiger charge is 2.11. The first-order valence-corrected chi connectivity index (χ1v) is 9.38. The van der Waals surface area contributed by atoms with Gasteiger partial charge in [-0.2, -0.15) is 0 Å². The highest BCUT2D eigenvalue weighted by Crippen LogP contribution is 2.19. The van der Waals surface area contributed by atoms with E-state index in [2.05, 4.69) is 10.3 Å². The topological polar surface area (TPSA) is 55.6 Å². The normalized spacial score (nSPS) is 10.9. The van der Waals surface area contributed by atoms with Crippen molar-refractivity contribution in [2.75, 3.05) is 0 Å². The van der Waals surface area contributed by atoms with Crippen molar-refractivity contribution in [1.82, 2.24) is 14.7 Å². The fourth-order valence-electron chi connectivity index (χ4n) is 3.08. The molecule has 1 N–H and O–H groups in total. The lowest BCUT2D eigenvalue weighted by Gasteiger charge is -2.11. The number of halogens is 2. The molecular weight excluding hydrogens is 388 g/mol. The molecule has 5 nitrogen and oxygen atoms in total. The van der Waals surface area contributed by atoms with E-state index in [1.54, 1.807) is 36.5 Å². The molecule has 0 saturated heterocycles. The number of hydrogen-bond acceptors (Lipinski definition) is 3. The number of aryl methyl sites for hydroxylation is 1. The molecule has 0 aliphatic heterocycles. The van der Waals surface area contributed by atoms with Gasteiger partial charge in [-0.05, 0) is 43.3 Å². The van der Waals surface area contributed by atoms with Crippen LogP contribution in [0, 0.1) is 18.6 Å². The van der Waals surface area contributed by atoms with E-state index in [0.717, 1.165) is 5.69 Å². The molecule has 2 heterocycles. The predicted molar refractivity (Wildman–Crippen MR) is 108 cm³/mol. The van der Waals surface area contributed by atoms with Gasteiger partial charge in [-0.3, -0.25) is 4.79 Å². The average molecular weight is 407 g/mol.